The van der Waals surface area contributed by atoms with Gasteiger partial charge in [0.2, 0.25) is 0 Å². The van der Waals surface area contributed by atoms with Gasteiger partial charge in [-0.05, 0) is 39.1 Å². The lowest BCUT2D eigenvalue weighted by atomic mass is 10.3. The molecule has 0 spiro atoms. The Bertz CT molecular complexity index is 296. The van der Waals surface area contributed by atoms with Crippen molar-refractivity contribution in [3.8, 4) is 0 Å². The fourth-order valence-electron chi connectivity index (χ4n) is 1.40. The van der Waals surface area contributed by atoms with Crippen LogP contribution in [-0.4, -0.2) is 27.8 Å². The highest BCUT2D eigenvalue weighted by molar-refractivity contribution is 7.99. The van der Waals surface area contributed by atoms with Crippen LogP contribution in [0.5, 0.6) is 0 Å². The summed E-state index contributed by atoms with van der Waals surface area (Å²) >= 11 is 1.92. The van der Waals surface area contributed by atoms with Crippen molar-refractivity contribution < 1.29 is 0 Å². The highest BCUT2D eigenvalue weighted by Crippen LogP contribution is 2.08. The lowest BCUT2D eigenvalue weighted by Gasteiger charge is -2.08. The van der Waals surface area contributed by atoms with E-state index < -0.39 is 0 Å². The van der Waals surface area contributed by atoms with Gasteiger partial charge in [0, 0.05) is 24.0 Å². The minimum Gasteiger partial charge on any atom is -0.311 e. The maximum absolute atomic E-state index is 4.50. The zero-order valence-electron chi connectivity index (χ0n) is 10.7. The standard InChI is InChI=1S/C12H23N3S/c1-10(2)15-8-6-12(14-15)9-13-7-5-11(3)16-4/h6,8,10-11,13H,5,7,9H2,1-4H3. The lowest BCUT2D eigenvalue weighted by molar-refractivity contribution is 0.521. The molecule has 1 atom stereocenters. The van der Waals surface area contributed by atoms with Crippen molar-refractivity contribution in [2.45, 2.75) is 45.0 Å². The van der Waals surface area contributed by atoms with Crippen LogP contribution < -0.4 is 5.32 Å². The summed E-state index contributed by atoms with van der Waals surface area (Å²) in [6, 6.07) is 2.54. The van der Waals surface area contributed by atoms with Gasteiger partial charge in [-0.15, -0.1) is 0 Å². The Hall–Kier alpha value is -0.480. The summed E-state index contributed by atoms with van der Waals surface area (Å²) in [6.07, 6.45) is 5.42. The van der Waals surface area contributed by atoms with Gasteiger partial charge >= 0.3 is 0 Å². The van der Waals surface area contributed by atoms with Crippen LogP contribution in [0.15, 0.2) is 12.3 Å². The van der Waals surface area contributed by atoms with E-state index in [-0.39, 0.29) is 0 Å². The van der Waals surface area contributed by atoms with Crippen molar-refractivity contribution in [1.29, 1.82) is 0 Å². The molecule has 1 N–H and O–H groups in total. The van der Waals surface area contributed by atoms with Gasteiger partial charge in [0.05, 0.1) is 5.69 Å². The number of hydrogen-bond acceptors (Lipinski definition) is 3. The molecule has 1 rings (SSSR count). The molecule has 0 fully saturated rings. The number of hydrogen-bond donors (Lipinski definition) is 1. The van der Waals surface area contributed by atoms with Crippen molar-refractivity contribution in [1.82, 2.24) is 15.1 Å². The summed E-state index contributed by atoms with van der Waals surface area (Å²) in [7, 11) is 0. The molecule has 1 heterocycles. The molecule has 1 unspecified atom stereocenters. The summed E-state index contributed by atoms with van der Waals surface area (Å²) < 4.78 is 2.00. The van der Waals surface area contributed by atoms with Gasteiger partial charge in [-0.1, -0.05) is 6.92 Å². The molecule has 1 aromatic rings. The number of nitrogens with zero attached hydrogens (tertiary/aromatic N) is 2. The Morgan fingerprint density at radius 1 is 1.44 bits per heavy atom. The van der Waals surface area contributed by atoms with Crippen LogP contribution in [0.3, 0.4) is 0 Å². The molecule has 0 aliphatic rings. The van der Waals surface area contributed by atoms with E-state index in [9.17, 15) is 0 Å². The smallest absolute Gasteiger partial charge is 0.0762 e. The van der Waals surface area contributed by atoms with Crippen LogP contribution in [-0.2, 0) is 6.54 Å². The molecule has 92 valence electrons. The molecule has 0 aliphatic carbocycles. The molecule has 0 amide bonds. The summed E-state index contributed by atoms with van der Waals surface area (Å²) in [6.45, 7) is 8.49. The summed E-state index contributed by atoms with van der Waals surface area (Å²) in [5.74, 6) is 0. The quantitative estimate of drug-likeness (QED) is 0.744. The van der Waals surface area contributed by atoms with Crippen molar-refractivity contribution in [2.24, 2.45) is 0 Å². The molecule has 3 nitrogen and oxygen atoms in total. The number of thioether (sulfide) groups is 1. The van der Waals surface area contributed by atoms with Crippen LogP contribution >= 0.6 is 11.8 Å². The molecule has 1 aromatic heterocycles. The maximum Gasteiger partial charge on any atom is 0.0762 e. The largest absolute Gasteiger partial charge is 0.311 e. The molecule has 16 heavy (non-hydrogen) atoms. The zero-order chi connectivity index (χ0) is 12.0. The normalized spacial score (nSPS) is 13.3. The van der Waals surface area contributed by atoms with Crippen molar-refractivity contribution >= 4 is 11.8 Å². The Morgan fingerprint density at radius 3 is 2.75 bits per heavy atom. The fourth-order valence-corrected chi connectivity index (χ4v) is 1.75. The minimum absolute atomic E-state index is 0.449. The third-order valence-electron chi connectivity index (χ3n) is 2.63. The molecular formula is C12H23N3S. The molecule has 4 heteroatoms. The first kappa shape index (κ1) is 13.6. The van der Waals surface area contributed by atoms with Crippen molar-refractivity contribution in [3.05, 3.63) is 18.0 Å². The summed E-state index contributed by atoms with van der Waals surface area (Å²) in [4.78, 5) is 0. The monoisotopic (exact) mass is 241 g/mol. The molecule has 0 aliphatic heterocycles. The highest BCUT2D eigenvalue weighted by Gasteiger charge is 2.02. The second-order valence-corrected chi connectivity index (χ2v) is 5.67. The maximum atomic E-state index is 4.50. The van der Waals surface area contributed by atoms with Crippen LogP contribution in [0.4, 0.5) is 0 Å². The molecule has 0 bridgehead atoms. The minimum atomic E-state index is 0.449. The molecular weight excluding hydrogens is 218 g/mol. The van der Waals surface area contributed by atoms with Gasteiger partial charge in [0.15, 0.2) is 0 Å². The lowest BCUT2D eigenvalue weighted by Crippen LogP contribution is -2.18. The Labute approximate surface area is 103 Å². The Balaban J connectivity index is 2.21. The first-order valence-electron chi connectivity index (χ1n) is 5.91. The van der Waals surface area contributed by atoms with Crippen LogP contribution in [0.25, 0.3) is 0 Å². The van der Waals surface area contributed by atoms with Crippen LogP contribution in [0, 0.1) is 0 Å². The van der Waals surface area contributed by atoms with Gasteiger partial charge in [-0.3, -0.25) is 4.68 Å². The SMILES string of the molecule is CSC(C)CCNCc1ccn(C(C)C)n1. The van der Waals surface area contributed by atoms with E-state index in [2.05, 4.69) is 43.5 Å². The fraction of sp³-hybridized carbons (Fsp3) is 0.750. The number of rotatable bonds is 7. The molecule has 0 aromatic carbocycles. The first-order valence-corrected chi connectivity index (χ1v) is 7.19. The summed E-state index contributed by atoms with van der Waals surface area (Å²) in [5, 5.41) is 8.66. The van der Waals surface area contributed by atoms with Crippen molar-refractivity contribution in [3.63, 3.8) is 0 Å². The number of aromatic nitrogens is 2. The molecule has 0 saturated heterocycles. The predicted octanol–water partition coefficient (Wildman–Crippen LogP) is 2.70. The average Bonchev–Trinajstić information content (AvgIpc) is 2.72. The van der Waals surface area contributed by atoms with E-state index >= 15 is 0 Å². The molecule has 0 radical (unpaired) electrons. The predicted molar refractivity (Wildman–Crippen MR) is 71.9 cm³/mol. The van der Waals surface area contributed by atoms with Gasteiger partial charge in [0.1, 0.15) is 0 Å². The third-order valence-corrected chi connectivity index (χ3v) is 3.67. The third kappa shape index (κ3) is 4.58. The zero-order valence-corrected chi connectivity index (χ0v) is 11.5. The van der Waals surface area contributed by atoms with E-state index in [1.807, 2.05) is 22.6 Å². The molecule has 0 saturated carbocycles. The van der Waals surface area contributed by atoms with Gasteiger partial charge in [-0.2, -0.15) is 16.9 Å². The topological polar surface area (TPSA) is 29.9 Å². The van der Waals surface area contributed by atoms with Crippen molar-refractivity contribution in [2.75, 3.05) is 12.8 Å². The van der Waals surface area contributed by atoms with Gasteiger partial charge < -0.3 is 5.32 Å². The highest BCUT2D eigenvalue weighted by atomic mass is 32.2. The Kier molecular flexibility index (Phi) is 5.91. The average molecular weight is 241 g/mol. The van der Waals surface area contributed by atoms with E-state index in [1.54, 1.807) is 0 Å². The van der Waals surface area contributed by atoms with E-state index in [1.165, 1.54) is 6.42 Å². The second-order valence-electron chi connectivity index (χ2n) is 4.39. The van der Waals surface area contributed by atoms with Crippen LogP contribution in [0.1, 0.15) is 38.9 Å². The Morgan fingerprint density at radius 2 is 2.19 bits per heavy atom. The summed E-state index contributed by atoms with van der Waals surface area (Å²) in [5.41, 5.74) is 1.13. The van der Waals surface area contributed by atoms with Gasteiger partial charge in [-0.25, -0.2) is 0 Å². The van der Waals surface area contributed by atoms with Gasteiger partial charge in [0.25, 0.3) is 0 Å². The van der Waals surface area contributed by atoms with E-state index in [0.717, 1.165) is 24.0 Å². The van der Waals surface area contributed by atoms with E-state index in [4.69, 9.17) is 0 Å². The van der Waals surface area contributed by atoms with Crippen LogP contribution in [0.2, 0.25) is 0 Å². The van der Waals surface area contributed by atoms with E-state index in [0.29, 0.717) is 6.04 Å². The second kappa shape index (κ2) is 6.97. The number of nitrogens with one attached hydrogen (secondary N) is 1. The first-order chi connectivity index (χ1) is 7.63.